The first-order valence-electron chi connectivity index (χ1n) is 5.04. The molecular formula is C14H8S. The predicted molar refractivity (Wildman–Crippen MR) is 66.1 cm³/mol. The van der Waals surface area contributed by atoms with E-state index in [1.54, 1.807) is 0 Å². The molecule has 0 saturated heterocycles. The van der Waals surface area contributed by atoms with E-state index in [9.17, 15) is 0 Å². The van der Waals surface area contributed by atoms with Crippen LogP contribution in [-0.2, 0) is 0 Å². The number of allylic oxidation sites excluding steroid dienone is 1. The van der Waals surface area contributed by atoms with E-state index in [2.05, 4.69) is 47.9 Å². The molecule has 0 nitrogen and oxygen atoms in total. The molecule has 0 amide bonds. The Morgan fingerprint density at radius 1 is 1.00 bits per heavy atom. The fourth-order valence-corrected chi connectivity index (χ4v) is 3.25. The molecule has 2 aliphatic rings. The van der Waals surface area contributed by atoms with Gasteiger partial charge in [0.15, 0.2) is 0 Å². The first-order valence-corrected chi connectivity index (χ1v) is 5.92. The van der Waals surface area contributed by atoms with Crippen LogP contribution in [0.2, 0.25) is 0 Å². The predicted octanol–water partition coefficient (Wildman–Crippen LogP) is 2.36. The van der Waals surface area contributed by atoms with Crippen LogP contribution < -0.4 is 10.4 Å². The lowest BCUT2D eigenvalue weighted by Crippen LogP contribution is -2.11. The highest BCUT2D eigenvalue weighted by Gasteiger charge is 2.14. The molecule has 1 heteroatoms. The average molecular weight is 208 g/mol. The molecule has 0 radical (unpaired) electrons. The summed E-state index contributed by atoms with van der Waals surface area (Å²) in [5, 5.41) is 4.89. The minimum atomic E-state index is 1.35. The van der Waals surface area contributed by atoms with Gasteiger partial charge in [-0.3, -0.25) is 0 Å². The summed E-state index contributed by atoms with van der Waals surface area (Å²) < 4.78 is 0. The summed E-state index contributed by atoms with van der Waals surface area (Å²) in [6.07, 6.45) is 8.76. The van der Waals surface area contributed by atoms with Gasteiger partial charge in [-0.2, -0.15) is 0 Å². The normalized spacial score (nSPS) is 14.1. The number of rotatable bonds is 0. The molecule has 4 rings (SSSR count). The van der Waals surface area contributed by atoms with Crippen LogP contribution in [0.25, 0.3) is 28.7 Å². The monoisotopic (exact) mass is 208 g/mol. The van der Waals surface area contributed by atoms with Crippen molar-refractivity contribution in [3.8, 4) is 10.4 Å². The highest BCUT2D eigenvalue weighted by atomic mass is 32.1. The summed E-state index contributed by atoms with van der Waals surface area (Å²) in [4.78, 5) is 1.42. The van der Waals surface area contributed by atoms with E-state index < -0.39 is 0 Å². The summed E-state index contributed by atoms with van der Waals surface area (Å²) in [7, 11) is 0. The zero-order valence-corrected chi connectivity index (χ0v) is 8.84. The van der Waals surface area contributed by atoms with Gasteiger partial charge in [0.25, 0.3) is 0 Å². The second kappa shape index (κ2) is 2.50. The van der Waals surface area contributed by atoms with E-state index >= 15 is 0 Å². The maximum absolute atomic E-state index is 2.31. The largest absolute Gasteiger partial charge is 0.143 e. The fraction of sp³-hybridized carbons (Fsp3) is 0. The van der Waals surface area contributed by atoms with E-state index in [0.29, 0.717) is 0 Å². The van der Waals surface area contributed by atoms with E-state index in [-0.39, 0.29) is 0 Å². The van der Waals surface area contributed by atoms with Crippen LogP contribution in [0.4, 0.5) is 0 Å². The Morgan fingerprint density at radius 3 is 3.00 bits per heavy atom. The number of hydrogen-bond acceptors (Lipinski definition) is 1. The number of fused-ring (bicyclic) bond motifs is 4. The maximum Gasteiger partial charge on any atom is 0.0421 e. The van der Waals surface area contributed by atoms with Gasteiger partial charge in [0, 0.05) is 10.4 Å². The van der Waals surface area contributed by atoms with Crippen molar-refractivity contribution in [1.29, 1.82) is 0 Å². The quantitative estimate of drug-likeness (QED) is 0.532. The first-order chi connectivity index (χ1) is 7.42. The van der Waals surface area contributed by atoms with Gasteiger partial charge in [0.05, 0.1) is 0 Å². The lowest BCUT2D eigenvalue weighted by Gasteiger charge is -1.97. The third-order valence-corrected chi connectivity index (χ3v) is 4.02. The van der Waals surface area contributed by atoms with Gasteiger partial charge < -0.3 is 0 Å². The summed E-state index contributed by atoms with van der Waals surface area (Å²) in [6.45, 7) is 0. The molecule has 0 fully saturated rings. The molecule has 0 saturated carbocycles. The molecule has 2 aromatic rings. The van der Waals surface area contributed by atoms with Crippen LogP contribution in [0.5, 0.6) is 0 Å². The van der Waals surface area contributed by atoms with Gasteiger partial charge in [-0.1, -0.05) is 18.2 Å². The Balaban J connectivity index is 2.18. The van der Waals surface area contributed by atoms with Crippen molar-refractivity contribution in [1.82, 2.24) is 0 Å². The molecule has 2 aliphatic carbocycles. The standard InChI is InChI=1S/C14H8S/c1-2-9-6-12-7-11-4-5-15-14(11)13(12)8-10(9)3-1/h1-8H. The highest BCUT2D eigenvalue weighted by Crippen LogP contribution is 2.31. The van der Waals surface area contributed by atoms with E-state index in [1.807, 2.05) is 11.3 Å². The smallest absolute Gasteiger partial charge is 0.0421 e. The third kappa shape index (κ3) is 0.910. The number of benzene rings is 1. The number of thiophene rings is 1. The Bertz CT molecular complexity index is 714. The van der Waals surface area contributed by atoms with Gasteiger partial charge >= 0.3 is 0 Å². The summed E-state index contributed by atoms with van der Waals surface area (Å²) in [6, 6.07) is 6.80. The molecule has 0 spiro atoms. The SMILES string of the molecule is C1=Cc2cc3c(cc2=C1)-c1sccc1C=3. The van der Waals surface area contributed by atoms with Gasteiger partial charge in [0.2, 0.25) is 0 Å². The van der Waals surface area contributed by atoms with Crippen molar-refractivity contribution in [2.75, 3.05) is 0 Å². The highest BCUT2D eigenvalue weighted by molar-refractivity contribution is 7.14. The Labute approximate surface area is 91.5 Å². The van der Waals surface area contributed by atoms with Crippen LogP contribution in [0, 0.1) is 0 Å². The van der Waals surface area contributed by atoms with Crippen molar-refractivity contribution in [2.24, 2.45) is 0 Å². The Hall–Kier alpha value is -1.60. The molecule has 0 unspecified atom stereocenters. The van der Waals surface area contributed by atoms with Crippen molar-refractivity contribution in [3.05, 3.63) is 51.2 Å². The van der Waals surface area contributed by atoms with E-state index in [4.69, 9.17) is 0 Å². The molecule has 0 bridgehead atoms. The fourth-order valence-electron chi connectivity index (χ4n) is 2.33. The molecule has 1 aromatic carbocycles. The molecule has 15 heavy (non-hydrogen) atoms. The maximum atomic E-state index is 2.31. The molecule has 0 atom stereocenters. The van der Waals surface area contributed by atoms with Crippen LogP contribution in [0.1, 0.15) is 11.1 Å². The van der Waals surface area contributed by atoms with Crippen molar-refractivity contribution in [2.45, 2.75) is 0 Å². The zero-order chi connectivity index (χ0) is 9.83. The van der Waals surface area contributed by atoms with Crippen LogP contribution in [0.3, 0.4) is 0 Å². The molecular weight excluding hydrogens is 200 g/mol. The van der Waals surface area contributed by atoms with Gasteiger partial charge in [-0.05, 0) is 51.2 Å². The summed E-state index contributed by atoms with van der Waals surface area (Å²) in [5.41, 5.74) is 4.13. The van der Waals surface area contributed by atoms with Gasteiger partial charge in [-0.25, -0.2) is 0 Å². The van der Waals surface area contributed by atoms with Gasteiger partial charge in [-0.15, -0.1) is 11.3 Å². The minimum Gasteiger partial charge on any atom is -0.143 e. The van der Waals surface area contributed by atoms with Crippen molar-refractivity contribution >= 4 is 29.6 Å². The minimum absolute atomic E-state index is 1.35. The first kappa shape index (κ1) is 7.66. The lowest BCUT2D eigenvalue weighted by molar-refractivity contribution is 1.55. The number of hydrogen-bond donors (Lipinski definition) is 0. The van der Waals surface area contributed by atoms with Crippen molar-refractivity contribution < 1.29 is 0 Å². The average Bonchev–Trinajstić information content (AvgIpc) is 2.86. The Morgan fingerprint density at radius 2 is 2.00 bits per heavy atom. The second-order valence-electron chi connectivity index (χ2n) is 3.94. The molecule has 70 valence electrons. The third-order valence-electron chi connectivity index (χ3n) is 3.06. The summed E-state index contributed by atoms with van der Waals surface area (Å²) in [5.74, 6) is 0. The molecule has 1 aromatic heterocycles. The zero-order valence-electron chi connectivity index (χ0n) is 8.03. The lowest BCUT2D eigenvalue weighted by atomic mass is 10.1. The van der Waals surface area contributed by atoms with Crippen LogP contribution >= 0.6 is 11.3 Å². The molecule has 0 N–H and O–H groups in total. The van der Waals surface area contributed by atoms with Gasteiger partial charge in [0.1, 0.15) is 0 Å². The summed E-state index contributed by atoms with van der Waals surface area (Å²) >= 11 is 1.83. The Kier molecular flexibility index (Phi) is 1.28. The van der Waals surface area contributed by atoms with Crippen molar-refractivity contribution in [3.63, 3.8) is 0 Å². The second-order valence-corrected chi connectivity index (χ2v) is 4.86. The molecule has 1 heterocycles. The molecule has 0 aliphatic heterocycles. The van der Waals surface area contributed by atoms with Crippen LogP contribution in [0.15, 0.2) is 29.7 Å². The van der Waals surface area contributed by atoms with E-state index in [0.717, 1.165) is 0 Å². The topological polar surface area (TPSA) is 0 Å². The van der Waals surface area contributed by atoms with E-state index in [1.165, 1.54) is 32.0 Å². The van der Waals surface area contributed by atoms with Crippen LogP contribution in [-0.4, -0.2) is 0 Å².